The van der Waals surface area contributed by atoms with Gasteiger partial charge in [-0.25, -0.2) is 13.2 Å². The first-order valence-electron chi connectivity index (χ1n) is 6.99. The second-order valence-electron chi connectivity index (χ2n) is 5.58. The molecule has 1 rings (SSSR count). The molecule has 0 aromatic heterocycles. The molecule has 0 unspecified atom stereocenters. The van der Waals surface area contributed by atoms with Crippen LogP contribution in [0.3, 0.4) is 0 Å². The minimum absolute atomic E-state index is 0.0705. The molecule has 0 radical (unpaired) electrons. The van der Waals surface area contributed by atoms with Crippen molar-refractivity contribution in [2.24, 2.45) is 0 Å². The van der Waals surface area contributed by atoms with E-state index in [2.05, 4.69) is 5.32 Å². The number of benzene rings is 1. The summed E-state index contributed by atoms with van der Waals surface area (Å²) in [7, 11) is -3.34. The van der Waals surface area contributed by atoms with Crippen molar-refractivity contribution in [3.05, 3.63) is 29.8 Å². The second kappa shape index (κ2) is 6.91. The Hall–Kier alpha value is -1.89. The third-order valence-electron chi connectivity index (χ3n) is 3.20. The van der Waals surface area contributed by atoms with Crippen molar-refractivity contribution >= 4 is 21.7 Å². The molecule has 6 nitrogen and oxygen atoms in total. The zero-order valence-corrected chi connectivity index (χ0v) is 13.7. The van der Waals surface area contributed by atoms with E-state index in [4.69, 9.17) is 5.11 Å². The molecule has 0 heterocycles. The lowest BCUT2D eigenvalue weighted by molar-refractivity contribution is -0.143. The van der Waals surface area contributed by atoms with Gasteiger partial charge in [0.1, 0.15) is 5.54 Å². The molecule has 0 fully saturated rings. The highest BCUT2D eigenvalue weighted by Gasteiger charge is 2.29. The average Bonchev–Trinajstić information content (AvgIpc) is 2.44. The van der Waals surface area contributed by atoms with Crippen molar-refractivity contribution < 1.29 is 23.1 Å². The van der Waals surface area contributed by atoms with Crippen LogP contribution in [0.5, 0.6) is 0 Å². The molecule has 0 atom stereocenters. The maximum absolute atomic E-state index is 12.0. The molecule has 0 aliphatic rings. The lowest BCUT2D eigenvalue weighted by Crippen LogP contribution is -2.49. The van der Waals surface area contributed by atoms with Crippen molar-refractivity contribution in [3.8, 4) is 0 Å². The van der Waals surface area contributed by atoms with Crippen LogP contribution in [0.4, 0.5) is 0 Å². The highest BCUT2D eigenvalue weighted by Crippen LogP contribution is 2.15. The summed E-state index contributed by atoms with van der Waals surface area (Å²) in [5, 5.41) is 11.4. The van der Waals surface area contributed by atoms with Crippen molar-refractivity contribution in [2.45, 2.75) is 44.0 Å². The van der Waals surface area contributed by atoms with Crippen LogP contribution in [0.25, 0.3) is 0 Å². The van der Waals surface area contributed by atoms with Crippen molar-refractivity contribution in [1.29, 1.82) is 0 Å². The van der Waals surface area contributed by atoms with Gasteiger partial charge in [0.05, 0.1) is 10.6 Å². The Kier molecular flexibility index (Phi) is 5.71. The summed E-state index contributed by atoms with van der Waals surface area (Å²) in [6.07, 6.45) is 1.36. The number of sulfone groups is 1. The summed E-state index contributed by atoms with van der Waals surface area (Å²) in [5.74, 6) is -1.65. The molecule has 0 aliphatic carbocycles. The molecule has 0 spiro atoms. The van der Waals surface area contributed by atoms with E-state index in [9.17, 15) is 18.0 Å². The highest BCUT2D eigenvalue weighted by atomic mass is 32.2. The first-order valence-corrected chi connectivity index (χ1v) is 8.64. The zero-order chi connectivity index (χ0) is 17.0. The van der Waals surface area contributed by atoms with Crippen LogP contribution in [0, 0.1) is 0 Å². The Morgan fingerprint density at radius 3 is 2.18 bits per heavy atom. The van der Waals surface area contributed by atoms with Gasteiger partial charge >= 0.3 is 5.97 Å². The van der Waals surface area contributed by atoms with E-state index in [1.54, 1.807) is 0 Å². The van der Waals surface area contributed by atoms with E-state index >= 15 is 0 Å². The van der Waals surface area contributed by atoms with Gasteiger partial charge in [0, 0.05) is 5.56 Å². The van der Waals surface area contributed by atoms with Crippen LogP contribution >= 0.6 is 0 Å². The largest absolute Gasteiger partial charge is 0.480 e. The molecule has 0 aliphatic heterocycles. The second-order valence-corrected chi connectivity index (χ2v) is 7.69. The molecule has 1 amide bonds. The Bertz CT molecular complexity index is 647. The molecule has 0 saturated carbocycles. The predicted molar refractivity (Wildman–Crippen MR) is 82.6 cm³/mol. The maximum Gasteiger partial charge on any atom is 0.328 e. The van der Waals surface area contributed by atoms with Gasteiger partial charge in [-0.15, -0.1) is 0 Å². The molecule has 1 aromatic rings. The van der Waals surface area contributed by atoms with Gasteiger partial charge in [-0.2, -0.15) is 0 Å². The number of aliphatic carboxylic acids is 1. The fourth-order valence-corrected chi connectivity index (χ4v) is 3.13. The van der Waals surface area contributed by atoms with Crippen LogP contribution < -0.4 is 5.32 Å². The Morgan fingerprint density at radius 2 is 1.73 bits per heavy atom. The fourth-order valence-electron chi connectivity index (χ4n) is 1.68. The van der Waals surface area contributed by atoms with E-state index in [0.717, 1.165) is 6.42 Å². The van der Waals surface area contributed by atoms with E-state index in [0.29, 0.717) is 6.42 Å². The monoisotopic (exact) mass is 327 g/mol. The molecular weight excluding hydrogens is 306 g/mol. The van der Waals surface area contributed by atoms with Crippen LogP contribution in [0.1, 0.15) is 44.0 Å². The zero-order valence-electron chi connectivity index (χ0n) is 12.9. The predicted octanol–water partition coefficient (Wildman–Crippen LogP) is 1.85. The molecule has 0 bridgehead atoms. The van der Waals surface area contributed by atoms with Gasteiger partial charge in [-0.3, -0.25) is 4.79 Å². The van der Waals surface area contributed by atoms with Crippen LogP contribution in [0.2, 0.25) is 0 Å². The number of hydrogen-bond donors (Lipinski definition) is 2. The molecular formula is C15H21NO5S. The summed E-state index contributed by atoms with van der Waals surface area (Å²) in [6, 6.07) is 5.50. The lowest BCUT2D eigenvalue weighted by Gasteiger charge is -2.21. The lowest BCUT2D eigenvalue weighted by atomic mass is 10.1. The number of carbonyl (C=O) groups excluding carboxylic acids is 1. The molecule has 0 saturated heterocycles. The molecule has 1 aromatic carbocycles. The number of amides is 1. The summed E-state index contributed by atoms with van der Waals surface area (Å²) < 4.78 is 24.0. The molecule has 7 heteroatoms. The van der Waals surface area contributed by atoms with Gasteiger partial charge in [-0.1, -0.05) is 13.3 Å². The first kappa shape index (κ1) is 18.2. The van der Waals surface area contributed by atoms with Crippen molar-refractivity contribution in [3.63, 3.8) is 0 Å². The first-order chi connectivity index (χ1) is 10.1. The minimum Gasteiger partial charge on any atom is -0.480 e. The highest BCUT2D eigenvalue weighted by molar-refractivity contribution is 7.91. The van der Waals surface area contributed by atoms with Crippen LogP contribution in [0.15, 0.2) is 29.2 Å². The minimum atomic E-state index is -3.34. The number of unbranched alkanes of at least 4 members (excludes halogenated alkanes) is 1. The fraction of sp³-hybridized carbons (Fsp3) is 0.467. The maximum atomic E-state index is 12.0. The van der Waals surface area contributed by atoms with Crippen molar-refractivity contribution in [2.75, 3.05) is 5.75 Å². The van der Waals surface area contributed by atoms with Crippen LogP contribution in [-0.4, -0.2) is 36.7 Å². The average molecular weight is 327 g/mol. The smallest absolute Gasteiger partial charge is 0.328 e. The Balaban J connectivity index is 2.89. The summed E-state index contributed by atoms with van der Waals surface area (Å²) in [4.78, 5) is 23.1. The topological polar surface area (TPSA) is 101 Å². The third kappa shape index (κ3) is 4.56. The molecule has 22 heavy (non-hydrogen) atoms. The standard InChI is InChI=1S/C15H21NO5S/c1-4-5-10-22(20,21)12-8-6-11(7-9-12)13(17)16-15(2,3)14(18)19/h6-9H,4-5,10H2,1-3H3,(H,16,17)(H,18,19). The van der Waals surface area contributed by atoms with Gasteiger partial charge in [0.15, 0.2) is 9.84 Å². The SMILES string of the molecule is CCCCS(=O)(=O)c1ccc(C(=O)NC(C)(C)C(=O)O)cc1. The van der Waals surface area contributed by atoms with E-state index in [-0.39, 0.29) is 16.2 Å². The van der Waals surface area contributed by atoms with E-state index in [1.165, 1.54) is 38.1 Å². The summed E-state index contributed by atoms with van der Waals surface area (Å²) in [5.41, 5.74) is -1.19. The van der Waals surface area contributed by atoms with Crippen molar-refractivity contribution in [1.82, 2.24) is 5.32 Å². The number of carbonyl (C=O) groups is 2. The van der Waals surface area contributed by atoms with E-state index < -0.39 is 27.3 Å². The number of carboxylic acid groups (broad SMARTS) is 1. The number of rotatable bonds is 7. The third-order valence-corrected chi connectivity index (χ3v) is 5.02. The summed E-state index contributed by atoms with van der Waals surface area (Å²) >= 11 is 0. The Labute approximate surface area is 130 Å². The normalized spacial score (nSPS) is 12.0. The van der Waals surface area contributed by atoms with Gasteiger partial charge in [-0.05, 0) is 44.5 Å². The number of hydrogen-bond acceptors (Lipinski definition) is 4. The van der Waals surface area contributed by atoms with Gasteiger partial charge in [0.25, 0.3) is 5.91 Å². The Morgan fingerprint density at radius 1 is 1.18 bits per heavy atom. The number of nitrogens with one attached hydrogen (secondary N) is 1. The van der Waals surface area contributed by atoms with E-state index in [1.807, 2.05) is 6.92 Å². The number of carboxylic acids is 1. The van der Waals surface area contributed by atoms with Crippen LogP contribution in [-0.2, 0) is 14.6 Å². The molecule has 2 N–H and O–H groups in total. The van der Waals surface area contributed by atoms with Gasteiger partial charge in [0.2, 0.25) is 0 Å². The van der Waals surface area contributed by atoms with Gasteiger partial charge < -0.3 is 10.4 Å². The summed E-state index contributed by atoms with van der Waals surface area (Å²) in [6.45, 7) is 4.65. The molecule has 122 valence electrons. The quantitative estimate of drug-likeness (QED) is 0.796.